The van der Waals surface area contributed by atoms with Gasteiger partial charge in [-0.3, -0.25) is 4.79 Å². The number of carbonyl (C=O) groups is 1. The van der Waals surface area contributed by atoms with E-state index in [0.29, 0.717) is 11.8 Å². The average Bonchev–Trinajstić information content (AvgIpc) is 2.63. The molecule has 0 radical (unpaired) electrons. The van der Waals surface area contributed by atoms with Crippen molar-refractivity contribution in [3.63, 3.8) is 0 Å². The van der Waals surface area contributed by atoms with Crippen LogP contribution in [0, 0.1) is 17.8 Å². The summed E-state index contributed by atoms with van der Waals surface area (Å²) in [7, 11) is 0. The molecule has 3 nitrogen and oxygen atoms in total. The predicted octanol–water partition coefficient (Wildman–Crippen LogP) is 0.496. The van der Waals surface area contributed by atoms with Gasteiger partial charge in [0, 0.05) is 12.6 Å². The Labute approximate surface area is 79.1 Å². The third-order valence-electron chi connectivity index (χ3n) is 3.63. The second-order valence-corrected chi connectivity index (χ2v) is 4.33. The Morgan fingerprint density at radius 2 is 2.15 bits per heavy atom. The van der Waals surface area contributed by atoms with Crippen LogP contribution in [0.4, 0.5) is 0 Å². The molecule has 0 aromatic rings. The summed E-state index contributed by atoms with van der Waals surface area (Å²) in [6, 6.07) is 0.130. The summed E-state index contributed by atoms with van der Waals surface area (Å²) < 4.78 is 0. The zero-order valence-electron chi connectivity index (χ0n) is 8.12. The highest BCUT2D eigenvalue weighted by molar-refractivity contribution is 5.80. The summed E-state index contributed by atoms with van der Waals surface area (Å²) in [4.78, 5) is 11.7. The van der Waals surface area contributed by atoms with Crippen molar-refractivity contribution in [3.05, 3.63) is 0 Å². The van der Waals surface area contributed by atoms with E-state index in [9.17, 15) is 4.79 Å². The largest absolute Gasteiger partial charge is 0.356 e. The first kappa shape index (κ1) is 9.00. The molecule has 0 aromatic heterocycles. The monoisotopic (exact) mass is 182 g/mol. The highest BCUT2D eigenvalue weighted by atomic mass is 16.1. The molecule has 13 heavy (non-hydrogen) atoms. The van der Waals surface area contributed by atoms with Gasteiger partial charge in [0.15, 0.2) is 0 Å². The number of hydrogen-bond acceptors (Lipinski definition) is 2. The predicted molar refractivity (Wildman–Crippen MR) is 51.0 cm³/mol. The average molecular weight is 182 g/mol. The minimum atomic E-state index is 0.110. The molecule has 1 amide bonds. The minimum Gasteiger partial charge on any atom is -0.356 e. The van der Waals surface area contributed by atoms with Crippen LogP contribution in [-0.4, -0.2) is 18.5 Å². The molecule has 2 aliphatic rings. The van der Waals surface area contributed by atoms with Crippen LogP contribution >= 0.6 is 0 Å². The van der Waals surface area contributed by atoms with E-state index in [2.05, 4.69) is 5.32 Å². The summed E-state index contributed by atoms with van der Waals surface area (Å²) in [5, 5.41) is 2.88. The normalized spacial score (nSPS) is 42.3. The van der Waals surface area contributed by atoms with Crippen molar-refractivity contribution in [1.82, 2.24) is 5.32 Å². The zero-order chi connectivity index (χ0) is 9.42. The summed E-state index contributed by atoms with van der Waals surface area (Å²) in [6.45, 7) is 2.68. The highest BCUT2D eigenvalue weighted by Gasteiger charge is 2.48. The lowest BCUT2D eigenvalue weighted by Crippen LogP contribution is -2.45. The van der Waals surface area contributed by atoms with Gasteiger partial charge in [0.05, 0.1) is 5.92 Å². The van der Waals surface area contributed by atoms with Crippen LogP contribution in [-0.2, 0) is 4.79 Å². The van der Waals surface area contributed by atoms with Crippen LogP contribution < -0.4 is 11.1 Å². The fourth-order valence-corrected chi connectivity index (χ4v) is 3.02. The van der Waals surface area contributed by atoms with Gasteiger partial charge in [-0.2, -0.15) is 0 Å². The van der Waals surface area contributed by atoms with E-state index >= 15 is 0 Å². The van der Waals surface area contributed by atoms with Crippen molar-refractivity contribution in [1.29, 1.82) is 0 Å². The van der Waals surface area contributed by atoms with E-state index in [-0.39, 0.29) is 17.9 Å². The summed E-state index contributed by atoms with van der Waals surface area (Å²) in [5.74, 6) is 1.49. The molecule has 2 rings (SSSR count). The second kappa shape index (κ2) is 3.29. The quantitative estimate of drug-likeness (QED) is 0.653. The van der Waals surface area contributed by atoms with E-state index in [1.54, 1.807) is 0 Å². The Kier molecular flexibility index (Phi) is 2.28. The molecule has 2 saturated carbocycles. The molecule has 74 valence electrons. The molecule has 3 heteroatoms. The van der Waals surface area contributed by atoms with Crippen molar-refractivity contribution in [2.24, 2.45) is 23.5 Å². The summed E-state index contributed by atoms with van der Waals surface area (Å²) in [5.41, 5.74) is 6.03. The standard InChI is InChI=1S/C10H18N2O/c1-2-12-10(13)8-6-3-4-7(5-6)9(8)11/h6-9H,2-5,11H2,1H3,(H,12,13). The first-order chi connectivity index (χ1) is 6.24. The number of carbonyl (C=O) groups excluding carboxylic acids is 1. The fraction of sp³-hybridized carbons (Fsp3) is 0.900. The minimum absolute atomic E-state index is 0.110. The molecule has 0 saturated heterocycles. The van der Waals surface area contributed by atoms with Gasteiger partial charge in [0.2, 0.25) is 5.91 Å². The Balaban J connectivity index is 2.03. The van der Waals surface area contributed by atoms with Crippen molar-refractivity contribution >= 4 is 5.91 Å². The molecule has 4 unspecified atom stereocenters. The van der Waals surface area contributed by atoms with Gasteiger partial charge in [-0.25, -0.2) is 0 Å². The maximum absolute atomic E-state index is 11.7. The van der Waals surface area contributed by atoms with E-state index < -0.39 is 0 Å². The third kappa shape index (κ3) is 1.35. The van der Waals surface area contributed by atoms with E-state index in [1.165, 1.54) is 19.3 Å². The van der Waals surface area contributed by atoms with Crippen molar-refractivity contribution in [2.45, 2.75) is 32.2 Å². The van der Waals surface area contributed by atoms with Crippen molar-refractivity contribution < 1.29 is 4.79 Å². The summed E-state index contributed by atoms with van der Waals surface area (Å²) >= 11 is 0. The van der Waals surface area contributed by atoms with Crippen LogP contribution in [0.25, 0.3) is 0 Å². The molecule has 2 aliphatic carbocycles. The van der Waals surface area contributed by atoms with Gasteiger partial charge in [0.1, 0.15) is 0 Å². The molecule has 2 fully saturated rings. The Morgan fingerprint density at radius 1 is 1.46 bits per heavy atom. The van der Waals surface area contributed by atoms with Crippen molar-refractivity contribution in [3.8, 4) is 0 Å². The number of nitrogens with one attached hydrogen (secondary N) is 1. The Bertz CT molecular complexity index is 215. The second-order valence-electron chi connectivity index (χ2n) is 4.33. The topological polar surface area (TPSA) is 55.1 Å². The number of fused-ring (bicyclic) bond motifs is 2. The molecule has 4 atom stereocenters. The van der Waals surface area contributed by atoms with Crippen LogP contribution in [0.2, 0.25) is 0 Å². The lowest BCUT2D eigenvalue weighted by Gasteiger charge is -2.26. The first-order valence-corrected chi connectivity index (χ1v) is 5.27. The molecular formula is C10H18N2O. The lowest BCUT2D eigenvalue weighted by molar-refractivity contribution is -0.126. The van der Waals surface area contributed by atoms with Gasteiger partial charge in [-0.1, -0.05) is 0 Å². The SMILES string of the molecule is CCNC(=O)C1C2CCC(C2)C1N. The van der Waals surface area contributed by atoms with E-state index in [0.717, 1.165) is 6.54 Å². The van der Waals surface area contributed by atoms with Crippen LogP contribution in [0.3, 0.4) is 0 Å². The van der Waals surface area contributed by atoms with Crippen LogP contribution in [0.5, 0.6) is 0 Å². The maximum Gasteiger partial charge on any atom is 0.224 e. The van der Waals surface area contributed by atoms with Gasteiger partial charge in [-0.15, -0.1) is 0 Å². The molecule has 0 spiro atoms. The Morgan fingerprint density at radius 3 is 2.69 bits per heavy atom. The molecule has 0 aliphatic heterocycles. The molecular weight excluding hydrogens is 164 g/mol. The number of hydrogen-bond donors (Lipinski definition) is 2. The number of amides is 1. The first-order valence-electron chi connectivity index (χ1n) is 5.27. The van der Waals surface area contributed by atoms with Gasteiger partial charge < -0.3 is 11.1 Å². The van der Waals surface area contributed by atoms with Crippen LogP contribution in [0.1, 0.15) is 26.2 Å². The molecule has 2 bridgehead atoms. The van der Waals surface area contributed by atoms with Crippen molar-refractivity contribution in [2.75, 3.05) is 6.54 Å². The molecule has 0 aromatic carbocycles. The molecule has 3 N–H and O–H groups in total. The maximum atomic E-state index is 11.7. The van der Waals surface area contributed by atoms with Gasteiger partial charge in [-0.05, 0) is 38.0 Å². The van der Waals surface area contributed by atoms with E-state index in [4.69, 9.17) is 5.73 Å². The van der Waals surface area contributed by atoms with Crippen LogP contribution in [0.15, 0.2) is 0 Å². The smallest absolute Gasteiger partial charge is 0.224 e. The third-order valence-corrected chi connectivity index (χ3v) is 3.63. The summed E-state index contributed by atoms with van der Waals surface area (Å²) in [6.07, 6.45) is 3.63. The highest BCUT2D eigenvalue weighted by Crippen LogP contribution is 2.47. The van der Waals surface area contributed by atoms with E-state index in [1.807, 2.05) is 6.92 Å². The zero-order valence-corrected chi connectivity index (χ0v) is 8.12. The fourth-order valence-electron chi connectivity index (χ4n) is 3.02. The number of rotatable bonds is 2. The molecule has 0 heterocycles. The number of nitrogens with two attached hydrogens (primary N) is 1. The van der Waals surface area contributed by atoms with Gasteiger partial charge >= 0.3 is 0 Å². The van der Waals surface area contributed by atoms with Gasteiger partial charge in [0.25, 0.3) is 0 Å². The Hall–Kier alpha value is -0.570. The lowest BCUT2D eigenvalue weighted by atomic mass is 9.84.